The molecule has 0 bridgehead atoms. The first-order valence-corrected chi connectivity index (χ1v) is 14.7. The Morgan fingerprint density at radius 1 is 1.00 bits per heavy atom. The van der Waals surface area contributed by atoms with Crippen LogP contribution < -0.4 is 0 Å². The van der Waals surface area contributed by atoms with E-state index in [1.54, 1.807) is 13.8 Å². The van der Waals surface area contributed by atoms with E-state index in [-0.39, 0.29) is 29.6 Å². The molecule has 232 valence electrons. The molecule has 0 saturated heterocycles. The average Bonchev–Trinajstić information content (AvgIpc) is 3.19. The molecule has 0 aromatic carbocycles. The highest BCUT2D eigenvalue weighted by atomic mass is 19.4. The van der Waals surface area contributed by atoms with Gasteiger partial charge in [0.2, 0.25) is 0 Å². The largest absolute Gasteiger partial charge is 0.438 e. The van der Waals surface area contributed by atoms with E-state index in [1.165, 1.54) is 5.57 Å². The fourth-order valence-electron chi connectivity index (χ4n) is 7.34. The zero-order valence-electron chi connectivity index (χ0n) is 24.3. The number of hydrogen-bond donors (Lipinski definition) is 3. The quantitative estimate of drug-likeness (QED) is 0.208. The molecule has 2 unspecified atom stereocenters. The fourth-order valence-corrected chi connectivity index (χ4v) is 7.34. The maximum absolute atomic E-state index is 13.2. The predicted molar refractivity (Wildman–Crippen MR) is 146 cm³/mol. The summed E-state index contributed by atoms with van der Waals surface area (Å²) in [5, 5.41) is 29.9. The van der Waals surface area contributed by atoms with Crippen molar-refractivity contribution < 1.29 is 41.7 Å². The molecular weight excluding hydrogens is 546 g/mol. The summed E-state index contributed by atoms with van der Waals surface area (Å²) in [7, 11) is 0. The fraction of sp³-hybridized carbons (Fsp3) is 0.750. The molecule has 0 amide bonds. The molecule has 41 heavy (non-hydrogen) atoms. The highest BCUT2D eigenvalue weighted by Crippen LogP contribution is 2.60. The lowest BCUT2D eigenvalue weighted by atomic mass is 9.60. The van der Waals surface area contributed by atoms with Gasteiger partial charge in [0.15, 0.2) is 0 Å². The molecular formula is C32H44F6O3. The SMILES string of the molecule is C=C1/C(=C\C=C2/CCC[C@@]3(C)C2CCC3[C@@H](CC#CC(O)(C(F)(F)F)C(F)(F)F)CCCC(C)(C)O)CCC[C@@H]1O. The molecule has 5 atom stereocenters. The second-order valence-electron chi connectivity index (χ2n) is 13.1. The van der Waals surface area contributed by atoms with Gasteiger partial charge < -0.3 is 15.3 Å². The number of aliphatic hydroxyl groups excluding tert-OH is 1. The maximum Gasteiger partial charge on any atom is 0.438 e. The third kappa shape index (κ3) is 7.61. The predicted octanol–water partition coefficient (Wildman–Crippen LogP) is 7.96. The standard InChI is InChI=1S/C32H44F6O3/c1-21-22(9-5-13-27(21)39)14-15-24-11-7-19-29(4)25(16-17-26(24)29)23(10-6-18-28(2,3)40)12-8-20-30(41,31(33,34)35)32(36,37)38/h14-15,23,25-27,39-41H,1,5-7,9-13,16-19H2,2-4H3/b22-14-,24-15+/t23-,25?,26?,27+,29-/m1/s1. The molecule has 0 radical (unpaired) electrons. The number of alkyl halides is 6. The van der Waals surface area contributed by atoms with Gasteiger partial charge in [-0.05, 0) is 118 Å². The van der Waals surface area contributed by atoms with E-state index < -0.39 is 29.7 Å². The Balaban J connectivity index is 1.88. The van der Waals surface area contributed by atoms with E-state index >= 15 is 0 Å². The molecule has 0 spiro atoms. The summed E-state index contributed by atoms with van der Waals surface area (Å²) in [5.41, 5.74) is -3.15. The Labute approximate surface area is 239 Å². The Bertz CT molecular complexity index is 1050. The van der Waals surface area contributed by atoms with E-state index in [2.05, 4.69) is 31.6 Å². The van der Waals surface area contributed by atoms with Crippen LogP contribution in [0.4, 0.5) is 26.3 Å². The smallest absolute Gasteiger partial charge is 0.390 e. The summed E-state index contributed by atoms with van der Waals surface area (Å²) in [6, 6.07) is 0. The monoisotopic (exact) mass is 590 g/mol. The van der Waals surface area contributed by atoms with Gasteiger partial charge in [0, 0.05) is 6.42 Å². The molecule has 3 saturated carbocycles. The van der Waals surface area contributed by atoms with Crippen LogP contribution in [0.1, 0.15) is 97.8 Å². The third-order valence-corrected chi connectivity index (χ3v) is 9.66. The summed E-state index contributed by atoms with van der Waals surface area (Å²) in [6.07, 6.45) is -0.168. The van der Waals surface area contributed by atoms with Gasteiger partial charge in [-0.15, -0.1) is 0 Å². The summed E-state index contributed by atoms with van der Waals surface area (Å²) in [4.78, 5) is 0. The number of aliphatic hydroxyl groups is 3. The minimum Gasteiger partial charge on any atom is -0.390 e. The van der Waals surface area contributed by atoms with Crippen molar-refractivity contribution in [2.75, 3.05) is 0 Å². The molecule has 3 fully saturated rings. The van der Waals surface area contributed by atoms with Gasteiger partial charge >= 0.3 is 18.0 Å². The van der Waals surface area contributed by atoms with Crippen molar-refractivity contribution in [1.82, 2.24) is 0 Å². The molecule has 3 aliphatic rings. The van der Waals surface area contributed by atoms with Crippen molar-refractivity contribution in [3.05, 3.63) is 35.5 Å². The van der Waals surface area contributed by atoms with Crippen LogP contribution in [0.25, 0.3) is 0 Å². The Morgan fingerprint density at radius 3 is 2.27 bits per heavy atom. The van der Waals surface area contributed by atoms with Crippen LogP contribution in [0.5, 0.6) is 0 Å². The second kappa shape index (κ2) is 12.5. The van der Waals surface area contributed by atoms with Crippen molar-refractivity contribution in [3.8, 4) is 11.8 Å². The van der Waals surface area contributed by atoms with E-state index in [9.17, 15) is 41.7 Å². The molecule has 3 N–H and O–H groups in total. The first kappa shape index (κ1) is 33.7. The van der Waals surface area contributed by atoms with Gasteiger partial charge in [0.05, 0.1) is 11.7 Å². The lowest BCUT2D eigenvalue weighted by Gasteiger charge is -2.45. The first-order chi connectivity index (χ1) is 18.8. The van der Waals surface area contributed by atoms with Crippen molar-refractivity contribution in [2.24, 2.45) is 23.2 Å². The van der Waals surface area contributed by atoms with Gasteiger partial charge in [-0.1, -0.05) is 43.6 Å². The van der Waals surface area contributed by atoms with Crippen molar-refractivity contribution in [2.45, 2.75) is 127 Å². The second-order valence-corrected chi connectivity index (χ2v) is 13.1. The van der Waals surface area contributed by atoms with E-state index in [4.69, 9.17) is 0 Å². The molecule has 3 aliphatic carbocycles. The van der Waals surface area contributed by atoms with Gasteiger partial charge in [-0.2, -0.15) is 26.3 Å². The number of hydrogen-bond acceptors (Lipinski definition) is 3. The van der Waals surface area contributed by atoms with E-state index in [0.29, 0.717) is 25.7 Å². The van der Waals surface area contributed by atoms with Crippen LogP contribution in [-0.2, 0) is 0 Å². The minimum absolute atomic E-state index is 0.0243. The lowest BCUT2D eigenvalue weighted by molar-refractivity contribution is -0.343. The number of allylic oxidation sites excluding steroid dienone is 3. The maximum atomic E-state index is 13.2. The summed E-state index contributed by atoms with van der Waals surface area (Å²) >= 11 is 0. The van der Waals surface area contributed by atoms with E-state index in [1.807, 2.05) is 0 Å². The number of rotatable bonds is 7. The highest BCUT2D eigenvalue weighted by molar-refractivity contribution is 5.38. The summed E-state index contributed by atoms with van der Waals surface area (Å²) < 4.78 is 79.2. The molecule has 0 aromatic heterocycles. The number of halogens is 6. The van der Waals surface area contributed by atoms with Crippen LogP contribution in [0.15, 0.2) is 35.5 Å². The highest BCUT2D eigenvalue weighted by Gasteiger charge is 2.70. The third-order valence-electron chi connectivity index (χ3n) is 9.66. The molecule has 3 nitrogen and oxygen atoms in total. The number of fused-ring (bicyclic) bond motifs is 1. The van der Waals surface area contributed by atoms with Crippen molar-refractivity contribution in [1.29, 1.82) is 0 Å². The Morgan fingerprint density at radius 2 is 1.66 bits per heavy atom. The van der Waals surface area contributed by atoms with Gasteiger partial charge in [0.25, 0.3) is 0 Å². The van der Waals surface area contributed by atoms with Crippen LogP contribution in [-0.4, -0.2) is 45.0 Å². The Kier molecular flexibility index (Phi) is 10.3. The van der Waals surface area contributed by atoms with Gasteiger partial charge in [0.1, 0.15) is 0 Å². The van der Waals surface area contributed by atoms with Crippen molar-refractivity contribution in [3.63, 3.8) is 0 Å². The minimum atomic E-state index is -5.98. The average molecular weight is 591 g/mol. The van der Waals surface area contributed by atoms with Crippen LogP contribution in [0, 0.1) is 35.0 Å². The topological polar surface area (TPSA) is 60.7 Å². The zero-order valence-corrected chi connectivity index (χ0v) is 24.3. The normalized spacial score (nSPS) is 30.7. The lowest BCUT2D eigenvalue weighted by Crippen LogP contribution is -2.55. The molecule has 0 aliphatic heterocycles. The zero-order chi connectivity index (χ0) is 30.9. The molecule has 0 heterocycles. The van der Waals surface area contributed by atoms with E-state index in [0.717, 1.165) is 62.0 Å². The summed E-state index contributed by atoms with van der Waals surface area (Å²) in [6.45, 7) is 9.54. The molecule has 9 heteroatoms. The first-order valence-electron chi connectivity index (χ1n) is 14.7. The molecule has 3 rings (SSSR count). The Hall–Kier alpha value is -1.76. The van der Waals surface area contributed by atoms with Crippen LogP contribution >= 0.6 is 0 Å². The van der Waals surface area contributed by atoms with Crippen LogP contribution in [0.2, 0.25) is 0 Å². The summed E-state index contributed by atoms with van der Waals surface area (Å²) in [5.74, 6) is 3.23. The van der Waals surface area contributed by atoms with Gasteiger partial charge in [-0.25, -0.2) is 0 Å². The molecule has 0 aromatic rings. The van der Waals surface area contributed by atoms with Crippen LogP contribution in [0.3, 0.4) is 0 Å². The van der Waals surface area contributed by atoms with Crippen molar-refractivity contribution >= 4 is 0 Å². The van der Waals surface area contributed by atoms with Gasteiger partial charge in [-0.3, -0.25) is 0 Å².